The molecule has 0 amide bonds. The summed E-state index contributed by atoms with van der Waals surface area (Å²) < 4.78 is 10.9. The Hall–Kier alpha value is -3.11. The van der Waals surface area contributed by atoms with Crippen LogP contribution in [0.3, 0.4) is 0 Å². The second kappa shape index (κ2) is 6.98. The molecule has 2 N–H and O–H groups in total. The molecule has 0 aliphatic rings. The molecule has 3 aromatic rings. The zero-order valence-electron chi connectivity index (χ0n) is 12.4. The van der Waals surface area contributed by atoms with Crippen LogP contribution in [0, 0.1) is 11.3 Å². The number of pyridine rings is 1. The third-order valence-corrected chi connectivity index (χ3v) is 3.34. The van der Waals surface area contributed by atoms with Crippen molar-refractivity contribution in [1.82, 2.24) is 15.0 Å². The van der Waals surface area contributed by atoms with Gasteiger partial charge < -0.3 is 14.9 Å². The average molecular weight is 342 g/mol. The minimum atomic E-state index is -0.0237. The van der Waals surface area contributed by atoms with Crippen LogP contribution in [0.2, 0.25) is 5.22 Å². The molecular formula is C16H12ClN5O2. The summed E-state index contributed by atoms with van der Waals surface area (Å²) in [5.41, 5.74) is 6.96. The Kier molecular flexibility index (Phi) is 4.59. The minimum absolute atomic E-state index is 0.0237. The number of hydrogen-bond acceptors (Lipinski definition) is 7. The smallest absolute Gasteiger partial charge is 0.237 e. The van der Waals surface area contributed by atoms with Gasteiger partial charge in [0.05, 0.1) is 6.61 Å². The first-order valence-electron chi connectivity index (χ1n) is 7.03. The van der Waals surface area contributed by atoms with Gasteiger partial charge in [-0.25, -0.2) is 4.98 Å². The summed E-state index contributed by atoms with van der Waals surface area (Å²) in [5.74, 6) is 0.396. The number of halogens is 1. The SMILES string of the molecule is N#Cc1c(OCCc2ccccn2)nc(N)nc1-c1ccc(Cl)o1. The predicted octanol–water partition coefficient (Wildman–Crippen LogP) is 2.86. The van der Waals surface area contributed by atoms with Gasteiger partial charge in [-0.1, -0.05) is 6.07 Å². The number of nitrogens with two attached hydrogens (primary N) is 1. The van der Waals surface area contributed by atoms with Crippen molar-refractivity contribution in [3.63, 3.8) is 0 Å². The van der Waals surface area contributed by atoms with Gasteiger partial charge in [-0.05, 0) is 35.9 Å². The summed E-state index contributed by atoms with van der Waals surface area (Å²) in [4.78, 5) is 12.3. The van der Waals surface area contributed by atoms with Gasteiger partial charge in [-0.15, -0.1) is 0 Å². The monoisotopic (exact) mass is 341 g/mol. The highest BCUT2D eigenvalue weighted by molar-refractivity contribution is 6.29. The summed E-state index contributed by atoms with van der Waals surface area (Å²) in [6.45, 7) is 0.292. The molecule has 0 aliphatic carbocycles. The van der Waals surface area contributed by atoms with E-state index >= 15 is 0 Å². The highest BCUT2D eigenvalue weighted by Gasteiger charge is 2.19. The van der Waals surface area contributed by atoms with Gasteiger partial charge in [0.1, 0.15) is 17.3 Å². The van der Waals surface area contributed by atoms with E-state index in [0.29, 0.717) is 18.8 Å². The van der Waals surface area contributed by atoms with E-state index < -0.39 is 0 Å². The zero-order valence-corrected chi connectivity index (χ0v) is 13.2. The number of ether oxygens (including phenoxy) is 1. The molecule has 0 aliphatic heterocycles. The van der Waals surface area contributed by atoms with Crippen LogP contribution in [-0.4, -0.2) is 21.6 Å². The van der Waals surface area contributed by atoms with Gasteiger partial charge >= 0.3 is 0 Å². The molecular weight excluding hydrogens is 330 g/mol. The maximum atomic E-state index is 9.44. The Bertz CT molecular complexity index is 889. The Morgan fingerprint density at radius 3 is 2.79 bits per heavy atom. The van der Waals surface area contributed by atoms with Crippen molar-refractivity contribution in [3.05, 3.63) is 53.0 Å². The van der Waals surface area contributed by atoms with Gasteiger partial charge in [-0.2, -0.15) is 10.2 Å². The molecule has 3 rings (SSSR count). The van der Waals surface area contributed by atoms with Gasteiger partial charge in [0, 0.05) is 18.3 Å². The zero-order chi connectivity index (χ0) is 16.9. The van der Waals surface area contributed by atoms with Crippen molar-refractivity contribution in [2.24, 2.45) is 0 Å². The molecule has 8 heteroatoms. The van der Waals surface area contributed by atoms with Crippen molar-refractivity contribution in [2.75, 3.05) is 12.3 Å². The molecule has 24 heavy (non-hydrogen) atoms. The summed E-state index contributed by atoms with van der Waals surface area (Å²) in [7, 11) is 0. The Morgan fingerprint density at radius 1 is 1.25 bits per heavy atom. The van der Waals surface area contributed by atoms with E-state index in [1.807, 2.05) is 24.3 Å². The Morgan fingerprint density at radius 2 is 2.12 bits per heavy atom. The number of rotatable bonds is 5. The van der Waals surface area contributed by atoms with Crippen molar-refractivity contribution in [2.45, 2.75) is 6.42 Å². The third kappa shape index (κ3) is 3.45. The number of hydrogen-bond donors (Lipinski definition) is 1. The molecule has 3 aromatic heterocycles. The maximum absolute atomic E-state index is 9.44. The topological polar surface area (TPSA) is 111 Å². The summed E-state index contributed by atoms with van der Waals surface area (Å²) in [6.07, 6.45) is 2.27. The molecule has 0 radical (unpaired) electrons. The van der Waals surface area contributed by atoms with Crippen molar-refractivity contribution in [1.29, 1.82) is 5.26 Å². The molecule has 120 valence electrons. The molecule has 0 bridgehead atoms. The number of anilines is 1. The van der Waals surface area contributed by atoms with E-state index in [1.165, 1.54) is 0 Å². The molecule has 0 aromatic carbocycles. The fraction of sp³-hybridized carbons (Fsp3) is 0.125. The molecule has 0 unspecified atom stereocenters. The van der Waals surface area contributed by atoms with Gasteiger partial charge in [0.15, 0.2) is 11.0 Å². The van der Waals surface area contributed by atoms with Crippen LogP contribution in [-0.2, 0) is 6.42 Å². The van der Waals surface area contributed by atoms with Crippen molar-refractivity contribution >= 4 is 17.5 Å². The lowest BCUT2D eigenvalue weighted by Crippen LogP contribution is -2.08. The molecule has 7 nitrogen and oxygen atoms in total. The second-order valence-corrected chi connectivity index (χ2v) is 5.12. The molecule has 0 saturated carbocycles. The van der Waals surface area contributed by atoms with Crippen LogP contribution in [0.5, 0.6) is 5.88 Å². The number of nitrogen functional groups attached to an aromatic ring is 1. The highest BCUT2D eigenvalue weighted by atomic mass is 35.5. The Balaban J connectivity index is 1.85. The fourth-order valence-corrected chi connectivity index (χ4v) is 2.23. The first-order valence-corrected chi connectivity index (χ1v) is 7.41. The standard InChI is InChI=1S/C16H12ClN5O2/c17-13-5-4-12(24-13)14-11(9-18)15(22-16(19)21-14)23-8-6-10-3-1-2-7-20-10/h1-5,7H,6,8H2,(H2,19,21,22). The van der Waals surface area contributed by atoms with Crippen LogP contribution in [0.15, 0.2) is 40.9 Å². The number of nitrogens with zero attached hydrogens (tertiary/aromatic N) is 4. The highest BCUT2D eigenvalue weighted by Crippen LogP contribution is 2.30. The third-order valence-electron chi connectivity index (χ3n) is 3.13. The van der Waals surface area contributed by atoms with E-state index in [-0.39, 0.29) is 28.3 Å². The lowest BCUT2D eigenvalue weighted by atomic mass is 10.2. The van der Waals surface area contributed by atoms with E-state index in [1.54, 1.807) is 18.3 Å². The van der Waals surface area contributed by atoms with E-state index in [2.05, 4.69) is 15.0 Å². The predicted molar refractivity (Wildman–Crippen MR) is 87.3 cm³/mol. The quantitative estimate of drug-likeness (QED) is 0.759. The van der Waals surface area contributed by atoms with Gasteiger partial charge in [-0.3, -0.25) is 4.98 Å². The molecule has 0 fully saturated rings. The van der Waals surface area contributed by atoms with Crippen molar-refractivity contribution in [3.8, 4) is 23.4 Å². The first kappa shape index (κ1) is 15.8. The summed E-state index contributed by atoms with van der Waals surface area (Å²) in [5, 5.41) is 9.62. The molecule has 0 spiro atoms. The van der Waals surface area contributed by atoms with Gasteiger partial charge in [0.25, 0.3) is 0 Å². The summed E-state index contributed by atoms with van der Waals surface area (Å²) in [6, 6.07) is 10.8. The van der Waals surface area contributed by atoms with E-state index in [0.717, 1.165) is 5.69 Å². The Labute approximate surface area is 142 Å². The lowest BCUT2D eigenvalue weighted by molar-refractivity contribution is 0.307. The van der Waals surface area contributed by atoms with Crippen LogP contribution >= 0.6 is 11.6 Å². The van der Waals surface area contributed by atoms with Gasteiger partial charge in [0.2, 0.25) is 11.8 Å². The van der Waals surface area contributed by atoms with Crippen LogP contribution < -0.4 is 10.5 Å². The average Bonchev–Trinajstić information content (AvgIpc) is 3.02. The molecule has 3 heterocycles. The van der Waals surface area contributed by atoms with Crippen LogP contribution in [0.25, 0.3) is 11.5 Å². The van der Waals surface area contributed by atoms with Crippen molar-refractivity contribution < 1.29 is 9.15 Å². The van der Waals surface area contributed by atoms with E-state index in [9.17, 15) is 5.26 Å². The maximum Gasteiger partial charge on any atom is 0.237 e. The fourth-order valence-electron chi connectivity index (χ4n) is 2.08. The molecule has 0 atom stereocenters. The number of aromatic nitrogens is 3. The minimum Gasteiger partial charge on any atom is -0.476 e. The molecule has 0 saturated heterocycles. The summed E-state index contributed by atoms with van der Waals surface area (Å²) >= 11 is 5.77. The van der Waals surface area contributed by atoms with Crippen LogP contribution in [0.4, 0.5) is 5.95 Å². The van der Waals surface area contributed by atoms with Crippen LogP contribution in [0.1, 0.15) is 11.3 Å². The number of nitriles is 1. The largest absolute Gasteiger partial charge is 0.476 e. The first-order chi connectivity index (χ1) is 11.7. The number of furan rings is 1. The lowest BCUT2D eigenvalue weighted by Gasteiger charge is -2.09. The van der Waals surface area contributed by atoms with E-state index in [4.69, 9.17) is 26.5 Å². The normalized spacial score (nSPS) is 10.3. The second-order valence-electron chi connectivity index (χ2n) is 4.75.